The maximum atomic E-state index is 2.51. The standard InChI is InChI=1S/C55H36N2S/c1-5-19-37(20-6-1)56(38-21-7-2-8-22-38)41-35-48-52(49(36-41)57(39-23-9-3-10-24-39)40-25-11-4-12-26-40)42-27-13-16-30-45(42)55(48)46-31-17-14-28-43(46)53-47(55)33-34-51-54(53)44-29-15-18-32-50(44)58-51/h1-36H. The van der Waals surface area contributed by atoms with Gasteiger partial charge < -0.3 is 9.80 Å². The van der Waals surface area contributed by atoms with Crippen LogP contribution in [0.3, 0.4) is 0 Å². The minimum Gasteiger partial charge on any atom is -0.310 e. The van der Waals surface area contributed by atoms with E-state index in [4.69, 9.17) is 0 Å². The Morgan fingerprint density at radius 1 is 0.328 bits per heavy atom. The summed E-state index contributed by atoms with van der Waals surface area (Å²) in [6.45, 7) is 0. The average Bonchev–Trinajstić information content (AvgIpc) is 3.92. The number of hydrogen-bond acceptors (Lipinski definition) is 3. The van der Waals surface area contributed by atoms with E-state index in [0.29, 0.717) is 0 Å². The summed E-state index contributed by atoms with van der Waals surface area (Å²) in [6.07, 6.45) is 0. The molecule has 0 radical (unpaired) electrons. The van der Waals surface area contributed by atoms with Gasteiger partial charge in [-0.2, -0.15) is 0 Å². The van der Waals surface area contributed by atoms with Gasteiger partial charge in [0.25, 0.3) is 0 Å². The van der Waals surface area contributed by atoms with E-state index in [0.717, 1.165) is 34.1 Å². The quantitative estimate of drug-likeness (QED) is 0.167. The lowest BCUT2D eigenvalue weighted by Gasteiger charge is -2.34. The molecule has 0 fully saturated rings. The molecule has 1 spiro atoms. The number of thiophene rings is 1. The Hall–Kier alpha value is -7.20. The molecule has 0 bridgehead atoms. The molecule has 2 nitrogen and oxygen atoms in total. The second kappa shape index (κ2) is 12.9. The molecule has 0 saturated carbocycles. The van der Waals surface area contributed by atoms with Gasteiger partial charge in [0.05, 0.1) is 11.1 Å². The van der Waals surface area contributed by atoms with E-state index in [1.807, 2.05) is 11.3 Å². The van der Waals surface area contributed by atoms with Crippen LogP contribution in [0.5, 0.6) is 0 Å². The van der Waals surface area contributed by atoms with Crippen LogP contribution < -0.4 is 9.80 Å². The number of hydrogen-bond donors (Lipinski definition) is 0. The van der Waals surface area contributed by atoms with Crippen LogP contribution in [-0.2, 0) is 5.41 Å². The summed E-state index contributed by atoms with van der Waals surface area (Å²) in [5.41, 5.74) is 16.6. The summed E-state index contributed by atoms with van der Waals surface area (Å²) < 4.78 is 2.65. The zero-order valence-corrected chi connectivity index (χ0v) is 32.4. The van der Waals surface area contributed by atoms with Crippen LogP contribution >= 0.6 is 11.3 Å². The number of anilines is 6. The van der Waals surface area contributed by atoms with Crippen molar-refractivity contribution in [3.8, 4) is 22.3 Å². The van der Waals surface area contributed by atoms with Crippen LogP contribution in [0.25, 0.3) is 42.4 Å². The molecule has 12 rings (SSSR count). The van der Waals surface area contributed by atoms with Gasteiger partial charge in [0.15, 0.2) is 0 Å². The van der Waals surface area contributed by atoms with E-state index in [1.54, 1.807) is 0 Å². The number of rotatable bonds is 6. The topological polar surface area (TPSA) is 6.48 Å². The molecular formula is C55H36N2S. The third-order valence-corrected chi connectivity index (χ3v) is 13.3. The van der Waals surface area contributed by atoms with E-state index in [1.165, 1.54) is 64.7 Å². The molecule has 2 aliphatic rings. The van der Waals surface area contributed by atoms with Crippen LogP contribution in [-0.4, -0.2) is 0 Å². The summed E-state index contributed by atoms with van der Waals surface area (Å²) in [6, 6.07) is 80.4. The second-order valence-electron chi connectivity index (χ2n) is 15.2. The maximum Gasteiger partial charge on any atom is 0.0727 e. The summed E-state index contributed by atoms with van der Waals surface area (Å²) >= 11 is 1.89. The number of para-hydroxylation sites is 4. The fourth-order valence-corrected chi connectivity index (χ4v) is 11.1. The van der Waals surface area contributed by atoms with Gasteiger partial charge in [-0.05, 0) is 112 Å². The maximum absolute atomic E-state index is 2.51. The molecule has 58 heavy (non-hydrogen) atoms. The summed E-state index contributed by atoms with van der Waals surface area (Å²) in [7, 11) is 0. The van der Waals surface area contributed by atoms with Crippen molar-refractivity contribution >= 4 is 65.6 Å². The van der Waals surface area contributed by atoms with Crippen molar-refractivity contribution in [3.63, 3.8) is 0 Å². The van der Waals surface area contributed by atoms with Crippen molar-refractivity contribution in [2.24, 2.45) is 0 Å². The van der Waals surface area contributed by atoms with E-state index in [2.05, 4.69) is 228 Å². The molecule has 9 aromatic carbocycles. The molecule has 1 unspecified atom stereocenters. The van der Waals surface area contributed by atoms with E-state index < -0.39 is 5.41 Å². The monoisotopic (exact) mass is 756 g/mol. The third-order valence-electron chi connectivity index (χ3n) is 12.2. The van der Waals surface area contributed by atoms with Crippen molar-refractivity contribution in [2.75, 3.05) is 9.80 Å². The highest BCUT2D eigenvalue weighted by atomic mass is 32.1. The zero-order valence-electron chi connectivity index (χ0n) is 31.6. The zero-order chi connectivity index (χ0) is 38.2. The normalized spacial score (nSPS) is 14.6. The summed E-state index contributed by atoms with van der Waals surface area (Å²) in [4.78, 5) is 4.88. The molecule has 10 aromatic rings. The molecule has 2 aliphatic carbocycles. The highest BCUT2D eigenvalue weighted by Gasteiger charge is 2.53. The molecule has 0 N–H and O–H groups in total. The predicted octanol–water partition coefficient (Wildman–Crippen LogP) is 15.3. The first kappa shape index (κ1) is 33.0. The number of fused-ring (bicyclic) bond motifs is 14. The number of nitrogens with zero attached hydrogens (tertiary/aromatic N) is 2. The fourth-order valence-electron chi connectivity index (χ4n) is 10.0. The van der Waals surface area contributed by atoms with Gasteiger partial charge >= 0.3 is 0 Å². The largest absolute Gasteiger partial charge is 0.310 e. The SMILES string of the molecule is c1ccc(N(c2ccccc2)c2cc(N(c3ccccc3)c3ccccc3)c3c(c2)C2(c4ccccc4-3)c3ccccc3-c3c2ccc2sc4ccccc4c32)cc1. The molecular weight excluding hydrogens is 721 g/mol. The van der Waals surface area contributed by atoms with Gasteiger partial charge in [0.2, 0.25) is 0 Å². The highest BCUT2D eigenvalue weighted by Crippen LogP contribution is 2.67. The molecule has 1 atom stereocenters. The van der Waals surface area contributed by atoms with Gasteiger partial charge in [-0.25, -0.2) is 0 Å². The van der Waals surface area contributed by atoms with E-state index in [-0.39, 0.29) is 0 Å². The van der Waals surface area contributed by atoms with E-state index in [9.17, 15) is 0 Å². The Labute approximate surface area is 342 Å². The first-order valence-electron chi connectivity index (χ1n) is 19.9. The van der Waals surface area contributed by atoms with Gasteiger partial charge in [-0.15, -0.1) is 11.3 Å². The molecule has 1 heterocycles. The summed E-state index contributed by atoms with van der Waals surface area (Å²) in [5, 5.41) is 2.68. The molecule has 1 aromatic heterocycles. The molecule has 272 valence electrons. The molecule has 0 aliphatic heterocycles. The van der Waals surface area contributed by atoms with Crippen LogP contribution in [0.2, 0.25) is 0 Å². The van der Waals surface area contributed by atoms with Crippen molar-refractivity contribution in [1.29, 1.82) is 0 Å². The minimum absolute atomic E-state index is 0.571. The van der Waals surface area contributed by atoms with Gasteiger partial charge in [-0.1, -0.05) is 146 Å². The van der Waals surface area contributed by atoms with Crippen molar-refractivity contribution in [1.82, 2.24) is 0 Å². The number of benzene rings is 9. The van der Waals surface area contributed by atoms with Crippen molar-refractivity contribution in [3.05, 3.63) is 241 Å². The second-order valence-corrected chi connectivity index (χ2v) is 16.3. The lowest BCUT2D eigenvalue weighted by molar-refractivity contribution is 0.794. The van der Waals surface area contributed by atoms with Crippen molar-refractivity contribution < 1.29 is 0 Å². The van der Waals surface area contributed by atoms with Crippen molar-refractivity contribution in [2.45, 2.75) is 5.41 Å². The predicted molar refractivity (Wildman–Crippen MR) is 245 cm³/mol. The Balaban J connectivity index is 1.27. The van der Waals surface area contributed by atoms with Crippen LogP contribution in [0.4, 0.5) is 34.1 Å². The highest BCUT2D eigenvalue weighted by molar-refractivity contribution is 7.26. The smallest absolute Gasteiger partial charge is 0.0727 e. The Morgan fingerprint density at radius 3 is 1.40 bits per heavy atom. The Morgan fingerprint density at radius 2 is 0.810 bits per heavy atom. The summed E-state index contributed by atoms with van der Waals surface area (Å²) in [5.74, 6) is 0. The van der Waals surface area contributed by atoms with Crippen LogP contribution in [0.15, 0.2) is 218 Å². The lowest BCUT2D eigenvalue weighted by Crippen LogP contribution is -2.26. The van der Waals surface area contributed by atoms with Gasteiger partial charge in [0.1, 0.15) is 0 Å². The van der Waals surface area contributed by atoms with Crippen LogP contribution in [0.1, 0.15) is 22.3 Å². The average molecular weight is 757 g/mol. The Bertz CT molecular complexity index is 3090. The minimum atomic E-state index is -0.571. The molecule has 0 amide bonds. The van der Waals surface area contributed by atoms with Gasteiger partial charge in [0, 0.05) is 54.2 Å². The third kappa shape index (κ3) is 4.65. The van der Waals surface area contributed by atoms with E-state index >= 15 is 0 Å². The fraction of sp³-hybridized carbons (Fsp3) is 0.0182. The Kier molecular flexibility index (Phi) is 7.35. The molecule has 0 saturated heterocycles. The van der Waals surface area contributed by atoms with Crippen LogP contribution in [0, 0.1) is 0 Å². The first-order chi connectivity index (χ1) is 28.8. The lowest BCUT2D eigenvalue weighted by atomic mass is 9.70. The first-order valence-corrected chi connectivity index (χ1v) is 20.8. The van der Waals surface area contributed by atoms with Gasteiger partial charge in [-0.3, -0.25) is 0 Å². The molecule has 3 heteroatoms.